The van der Waals surface area contributed by atoms with Crippen molar-refractivity contribution in [2.45, 2.75) is 51.0 Å². The standard InChI is InChI=1S/C31H38BrN3O2/c32-27-11-9-23(10-12-27)19-34-18-15-31(30(34)37)13-16-33(17-14-31)20-26-21-35(29(36)25-7-4-8-25)22-28(26)24-5-2-1-3-6-24/h1-3,5-6,9-12,25-26,28H,4,7-8,13-22H2/t26-,28+/m0/s1. The Hall–Kier alpha value is -2.18. The minimum Gasteiger partial charge on any atom is -0.341 e. The van der Waals surface area contributed by atoms with Gasteiger partial charge in [0.15, 0.2) is 0 Å². The number of nitrogens with zero attached hydrogens (tertiary/aromatic N) is 3. The van der Waals surface area contributed by atoms with Crippen LogP contribution < -0.4 is 0 Å². The van der Waals surface area contributed by atoms with Crippen LogP contribution in [0.4, 0.5) is 0 Å². The molecule has 4 fully saturated rings. The molecule has 3 heterocycles. The summed E-state index contributed by atoms with van der Waals surface area (Å²) in [5.74, 6) is 1.85. The molecule has 4 aliphatic rings. The van der Waals surface area contributed by atoms with Crippen LogP contribution in [0, 0.1) is 17.3 Å². The van der Waals surface area contributed by atoms with Gasteiger partial charge in [-0.3, -0.25) is 9.59 Å². The number of carbonyl (C=O) groups excluding carboxylic acids is 2. The van der Waals surface area contributed by atoms with E-state index >= 15 is 0 Å². The number of likely N-dealkylation sites (tertiary alicyclic amines) is 3. The van der Waals surface area contributed by atoms with Crippen molar-refractivity contribution in [1.29, 1.82) is 0 Å². The second-order valence-electron chi connectivity index (χ2n) is 11.8. The molecule has 5 nitrogen and oxygen atoms in total. The van der Waals surface area contributed by atoms with E-state index in [2.05, 4.69) is 85.2 Å². The number of amides is 2. The summed E-state index contributed by atoms with van der Waals surface area (Å²) < 4.78 is 1.07. The van der Waals surface area contributed by atoms with Crippen molar-refractivity contribution in [3.8, 4) is 0 Å². The van der Waals surface area contributed by atoms with Gasteiger partial charge in [0.05, 0.1) is 5.41 Å². The Labute approximate surface area is 229 Å². The third-order valence-corrected chi connectivity index (χ3v) is 10.2. The van der Waals surface area contributed by atoms with Gasteiger partial charge in [-0.2, -0.15) is 0 Å². The fourth-order valence-corrected chi connectivity index (χ4v) is 7.30. The minimum atomic E-state index is -0.174. The van der Waals surface area contributed by atoms with Gasteiger partial charge in [-0.1, -0.05) is 64.8 Å². The van der Waals surface area contributed by atoms with E-state index in [4.69, 9.17) is 0 Å². The number of hydrogen-bond donors (Lipinski definition) is 0. The summed E-state index contributed by atoms with van der Waals surface area (Å²) in [6.45, 7) is 6.27. The Balaban J connectivity index is 1.08. The fraction of sp³-hybridized carbons (Fsp3) is 0.548. The van der Waals surface area contributed by atoms with Gasteiger partial charge in [0.1, 0.15) is 0 Å². The lowest BCUT2D eigenvalue weighted by molar-refractivity contribution is -0.139. The van der Waals surface area contributed by atoms with Gasteiger partial charge in [-0.25, -0.2) is 0 Å². The maximum atomic E-state index is 13.5. The third kappa shape index (κ3) is 5.12. The van der Waals surface area contributed by atoms with Gasteiger partial charge >= 0.3 is 0 Å². The summed E-state index contributed by atoms with van der Waals surface area (Å²) in [6.07, 6.45) is 6.22. The second-order valence-corrected chi connectivity index (χ2v) is 12.7. The Morgan fingerprint density at radius 3 is 2.30 bits per heavy atom. The third-order valence-electron chi connectivity index (χ3n) is 9.63. The number of hydrogen-bond acceptors (Lipinski definition) is 3. The average Bonchev–Trinajstić information content (AvgIpc) is 3.43. The Bertz CT molecular complexity index is 1110. The normalized spacial score (nSPS) is 26.1. The number of halogens is 1. The highest BCUT2D eigenvalue weighted by Crippen LogP contribution is 2.43. The molecule has 3 aliphatic heterocycles. The fourth-order valence-electron chi connectivity index (χ4n) is 7.04. The number of piperidine rings is 1. The summed E-state index contributed by atoms with van der Waals surface area (Å²) in [5, 5.41) is 0. The molecule has 2 atom stereocenters. The predicted octanol–water partition coefficient (Wildman–Crippen LogP) is 5.31. The first kappa shape index (κ1) is 25.1. The van der Waals surface area contributed by atoms with Crippen molar-refractivity contribution in [2.75, 3.05) is 39.3 Å². The summed E-state index contributed by atoms with van der Waals surface area (Å²) >= 11 is 3.50. The summed E-state index contributed by atoms with van der Waals surface area (Å²) in [6, 6.07) is 19.1. The van der Waals surface area contributed by atoms with E-state index in [0.717, 1.165) is 75.8 Å². The summed E-state index contributed by atoms with van der Waals surface area (Å²) in [5.41, 5.74) is 2.38. The van der Waals surface area contributed by atoms with Crippen molar-refractivity contribution >= 4 is 27.7 Å². The Kier molecular flexibility index (Phi) is 7.15. The average molecular weight is 565 g/mol. The molecule has 2 amide bonds. The maximum Gasteiger partial charge on any atom is 0.229 e. The van der Waals surface area contributed by atoms with Crippen molar-refractivity contribution in [1.82, 2.24) is 14.7 Å². The highest BCUT2D eigenvalue weighted by atomic mass is 79.9. The molecule has 2 aromatic rings. The largest absolute Gasteiger partial charge is 0.341 e. The zero-order valence-corrected chi connectivity index (χ0v) is 23.2. The molecule has 1 spiro atoms. The van der Waals surface area contributed by atoms with Crippen LogP contribution in [0.1, 0.15) is 55.6 Å². The van der Waals surface area contributed by atoms with Gasteiger partial charge in [0.2, 0.25) is 11.8 Å². The van der Waals surface area contributed by atoms with E-state index in [1.807, 2.05) is 0 Å². The van der Waals surface area contributed by atoms with Crippen LogP contribution >= 0.6 is 15.9 Å². The van der Waals surface area contributed by atoms with Crippen LogP contribution in [0.3, 0.4) is 0 Å². The number of benzene rings is 2. The zero-order valence-electron chi connectivity index (χ0n) is 21.7. The van der Waals surface area contributed by atoms with Crippen molar-refractivity contribution in [2.24, 2.45) is 17.3 Å². The summed E-state index contributed by atoms with van der Waals surface area (Å²) in [7, 11) is 0. The monoisotopic (exact) mass is 563 g/mol. The van der Waals surface area contributed by atoms with E-state index in [9.17, 15) is 9.59 Å². The van der Waals surface area contributed by atoms with Crippen molar-refractivity contribution in [3.63, 3.8) is 0 Å². The van der Waals surface area contributed by atoms with Crippen molar-refractivity contribution in [3.05, 3.63) is 70.2 Å². The van der Waals surface area contributed by atoms with Gasteiger partial charge in [0.25, 0.3) is 0 Å². The molecule has 6 rings (SSSR count). The lowest BCUT2D eigenvalue weighted by Crippen LogP contribution is -2.46. The zero-order chi connectivity index (χ0) is 25.4. The van der Waals surface area contributed by atoms with Gasteiger partial charge in [0, 0.05) is 49.0 Å². The van der Waals surface area contributed by atoms with Crippen LogP contribution in [-0.4, -0.2) is 65.8 Å². The Morgan fingerprint density at radius 2 is 1.62 bits per heavy atom. The first-order valence-corrected chi connectivity index (χ1v) is 14.9. The number of rotatable bonds is 6. The molecule has 0 aromatic heterocycles. The van der Waals surface area contributed by atoms with Crippen LogP contribution in [0.25, 0.3) is 0 Å². The topological polar surface area (TPSA) is 43.9 Å². The van der Waals surface area contributed by atoms with Crippen LogP contribution in [0.2, 0.25) is 0 Å². The molecular formula is C31H38BrN3O2. The van der Waals surface area contributed by atoms with E-state index in [1.54, 1.807) is 0 Å². The molecule has 0 unspecified atom stereocenters. The molecule has 3 saturated heterocycles. The Morgan fingerprint density at radius 1 is 0.919 bits per heavy atom. The first-order valence-electron chi connectivity index (χ1n) is 14.1. The van der Waals surface area contributed by atoms with E-state index < -0.39 is 0 Å². The van der Waals surface area contributed by atoms with E-state index in [1.165, 1.54) is 17.5 Å². The molecule has 6 heteroatoms. The van der Waals surface area contributed by atoms with Gasteiger partial charge < -0.3 is 14.7 Å². The molecule has 0 N–H and O–H groups in total. The molecule has 37 heavy (non-hydrogen) atoms. The van der Waals surface area contributed by atoms with Crippen LogP contribution in [0.15, 0.2) is 59.1 Å². The molecule has 1 aliphatic carbocycles. The summed E-state index contributed by atoms with van der Waals surface area (Å²) in [4.78, 5) is 33.4. The molecule has 0 bridgehead atoms. The SMILES string of the molecule is O=C(C1CCC1)N1C[C@H](CN2CCC3(CC2)CCN(Cc2ccc(Br)cc2)C3=O)[C@@H](c2ccccc2)C1. The van der Waals surface area contributed by atoms with Gasteiger partial charge in [-0.15, -0.1) is 0 Å². The lowest BCUT2D eigenvalue weighted by Gasteiger charge is -2.39. The second kappa shape index (κ2) is 10.5. The molecule has 196 valence electrons. The van der Waals surface area contributed by atoms with Crippen LogP contribution in [-0.2, 0) is 16.1 Å². The van der Waals surface area contributed by atoms with Gasteiger partial charge in [-0.05, 0) is 74.4 Å². The first-order chi connectivity index (χ1) is 18.0. The lowest BCUT2D eigenvalue weighted by atomic mass is 9.76. The maximum absolute atomic E-state index is 13.5. The quantitative estimate of drug-likeness (QED) is 0.478. The molecule has 2 aromatic carbocycles. The minimum absolute atomic E-state index is 0.174. The smallest absolute Gasteiger partial charge is 0.229 e. The highest BCUT2D eigenvalue weighted by Gasteiger charge is 2.48. The predicted molar refractivity (Wildman–Crippen MR) is 149 cm³/mol. The molecule has 1 saturated carbocycles. The number of carbonyl (C=O) groups is 2. The van der Waals surface area contributed by atoms with Crippen LogP contribution in [0.5, 0.6) is 0 Å². The molecule has 0 radical (unpaired) electrons. The van der Waals surface area contributed by atoms with Crippen molar-refractivity contribution < 1.29 is 9.59 Å². The molecular weight excluding hydrogens is 526 g/mol. The van der Waals surface area contributed by atoms with E-state index in [-0.39, 0.29) is 11.3 Å². The highest BCUT2D eigenvalue weighted by molar-refractivity contribution is 9.10. The van der Waals surface area contributed by atoms with E-state index in [0.29, 0.717) is 30.2 Å².